The molecule has 1 fully saturated rings. The number of benzene rings is 1. The van der Waals surface area contributed by atoms with E-state index < -0.39 is 0 Å². The van der Waals surface area contributed by atoms with Crippen LogP contribution in [-0.2, 0) is 12.1 Å². The number of anilines is 1. The lowest BCUT2D eigenvalue weighted by atomic mass is 9.75. The minimum atomic E-state index is -0.230. The number of aliphatic imine (C=N–C) groups is 1. The number of hydrogen-bond donors (Lipinski definition) is 2. The third-order valence-corrected chi connectivity index (χ3v) is 4.93. The highest BCUT2D eigenvalue weighted by atomic mass is 35.5. The fourth-order valence-corrected chi connectivity index (χ4v) is 3.93. The van der Waals surface area contributed by atoms with E-state index in [1.165, 1.54) is 19.3 Å². The molecule has 21 heavy (non-hydrogen) atoms. The minimum Gasteiger partial charge on any atom is -0.458 e. The first-order chi connectivity index (χ1) is 10.2. The second kappa shape index (κ2) is 4.75. The number of nitrogens with one attached hydrogen (secondary N) is 1. The Hall–Kier alpha value is -1.52. The molecule has 2 aliphatic rings. The van der Waals surface area contributed by atoms with Crippen molar-refractivity contribution < 1.29 is 9.52 Å². The molecule has 2 heterocycles. The molecule has 2 aromatic rings. The summed E-state index contributed by atoms with van der Waals surface area (Å²) in [7, 11) is 0. The molecule has 4 rings (SSSR count). The van der Waals surface area contributed by atoms with Crippen molar-refractivity contribution in [1.29, 1.82) is 0 Å². The van der Waals surface area contributed by atoms with Crippen molar-refractivity contribution in [2.45, 2.75) is 44.2 Å². The van der Waals surface area contributed by atoms with Gasteiger partial charge in [-0.15, -0.1) is 0 Å². The molecule has 1 aromatic carbocycles. The minimum absolute atomic E-state index is 0.106. The van der Waals surface area contributed by atoms with Gasteiger partial charge in [0, 0.05) is 10.9 Å². The van der Waals surface area contributed by atoms with Crippen molar-refractivity contribution in [3.63, 3.8) is 0 Å². The van der Waals surface area contributed by atoms with Crippen molar-refractivity contribution in [2.75, 3.05) is 5.32 Å². The highest BCUT2D eigenvalue weighted by Gasteiger charge is 2.40. The van der Waals surface area contributed by atoms with Gasteiger partial charge in [-0.2, -0.15) is 0 Å². The van der Waals surface area contributed by atoms with Gasteiger partial charge in [-0.3, -0.25) is 4.99 Å². The van der Waals surface area contributed by atoms with E-state index in [0.717, 1.165) is 35.1 Å². The van der Waals surface area contributed by atoms with Gasteiger partial charge >= 0.3 is 0 Å². The average Bonchev–Trinajstić information content (AvgIpc) is 2.91. The van der Waals surface area contributed by atoms with E-state index in [-0.39, 0.29) is 12.1 Å². The van der Waals surface area contributed by atoms with E-state index >= 15 is 0 Å². The monoisotopic (exact) mass is 304 g/mol. The number of rotatable bonds is 1. The van der Waals surface area contributed by atoms with Crippen LogP contribution in [0.25, 0.3) is 11.0 Å². The maximum atomic E-state index is 9.34. The fourth-order valence-electron chi connectivity index (χ4n) is 3.67. The number of fused-ring (bicyclic) bond motifs is 4. The van der Waals surface area contributed by atoms with E-state index in [1.54, 1.807) is 6.34 Å². The Balaban J connectivity index is 2.02. The quantitative estimate of drug-likeness (QED) is 0.830. The fraction of sp³-hybridized carbons (Fsp3) is 0.438. The normalized spacial score (nSPS) is 19.7. The molecule has 0 unspecified atom stereocenters. The summed E-state index contributed by atoms with van der Waals surface area (Å²) in [4.78, 5) is 4.77. The summed E-state index contributed by atoms with van der Waals surface area (Å²) in [5, 5.41) is 14.1. The maximum absolute atomic E-state index is 9.34. The number of hydrogen-bond acceptors (Lipinski definition) is 4. The molecule has 0 atom stereocenters. The molecule has 1 aliphatic heterocycles. The predicted octanol–water partition coefficient (Wildman–Crippen LogP) is 4.19. The molecule has 4 nitrogen and oxygen atoms in total. The summed E-state index contributed by atoms with van der Waals surface area (Å²) in [6, 6.07) is 3.75. The number of aliphatic hydroxyl groups excluding tert-OH is 1. The van der Waals surface area contributed by atoms with Gasteiger partial charge in [0.2, 0.25) is 0 Å². The Morgan fingerprint density at radius 1 is 1.29 bits per heavy atom. The zero-order chi connectivity index (χ0) is 14.4. The number of halogens is 1. The van der Waals surface area contributed by atoms with Gasteiger partial charge in [-0.25, -0.2) is 0 Å². The molecule has 5 heteroatoms. The smallest absolute Gasteiger partial charge is 0.142 e. The van der Waals surface area contributed by atoms with E-state index in [4.69, 9.17) is 21.0 Å². The standard InChI is InChI=1S/C16H17ClN2O2/c17-12-7-10-6-11(8-20)21-15(10)13-14(12)18-9-19-16(13)4-2-1-3-5-16/h6-7,9,20H,1-5,8H2,(H,18,19). The lowest BCUT2D eigenvalue weighted by Crippen LogP contribution is -2.31. The van der Waals surface area contributed by atoms with Gasteiger partial charge in [0.25, 0.3) is 0 Å². The maximum Gasteiger partial charge on any atom is 0.142 e. The Kier molecular flexibility index (Phi) is 2.98. The summed E-state index contributed by atoms with van der Waals surface area (Å²) in [5.41, 5.74) is 2.54. The van der Waals surface area contributed by atoms with Crippen LogP contribution >= 0.6 is 11.6 Å². The second-order valence-corrected chi connectivity index (χ2v) is 6.30. The molecule has 0 radical (unpaired) electrons. The summed E-state index contributed by atoms with van der Waals surface area (Å²) < 4.78 is 5.88. The molecule has 0 bridgehead atoms. The molecule has 110 valence electrons. The van der Waals surface area contributed by atoms with Gasteiger partial charge in [0.05, 0.1) is 22.6 Å². The number of nitrogens with zero attached hydrogens (tertiary/aromatic N) is 1. The van der Waals surface area contributed by atoms with Crippen molar-refractivity contribution in [2.24, 2.45) is 4.99 Å². The lowest BCUT2D eigenvalue weighted by molar-refractivity contribution is 0.249. The molecule has 2 N–H and O–H groups in total. The zero-order valence-electron chi connectivity index (χ0n) is 11.7. The average molecular weight is 305 g/mol. The van der Waals surface area contributed by atoms with Crippen LogP contribution in [0.2, 0.25) is 5.02 Å². The van der Waals surface area contributed by atoms with Gasteiger partial charge in [-0.05, 0) is 25.0 Å². The first-order valence-corrected chi connectivity index (χ1v) is 7.78. The van der Waals surface area contributed by atoms with Crippen LogP contribution in [0, 0.1) is 0 Å². The SMILES string of the molecule is OCc1cc2cc(Cl)c3c(c2o1)C1(CCCCC1)N=CN3. The molecule has 1 spiro atoms. The third-order valence-electron chi connectivity index (χ3n) is 4.63. The number of furan rings is 1. The molecule has 0 saturated heterocycles. The molecular weight excluding hydrogens is 288 g/mol. The largest absolute Gasteiger partial charge is 0.458 e. The first-order valence-electron chi connectivity index (χ1n) is 7.40. The van der Waals surface area contributed by atoms with Crippen LogP contribution in [0.5, 0.6) is 0 Å². The van der Waals surface area contributed by atoms with Crippen molar-refractivity contribution in [1.82, 2.24) is 0 Å². The van der Waals surface area contributed by atoms with Crippen molar-refractivity contribution in [3.05, 3.63) is 28.5 Å². The van der Waals surface area contributed by atoms with E-state index in [1.807, 2.05) is 12.1 Å². The van der Waals surface area contributed by atoms with Gasteiger partial charge in [-0.1, -0.05) is 30.9 Å². The molecule has 1 aliphatic carbocycles. The zero-order valence-corrected chi connectivity index (χ0v) is 12.4. The van der Waals surface area contributed by atoms with E-state index in [2.05, 4.69) is 5.32 Å². The van der Waals surface area contributed by atoms with Gasteiger partial charge in [0.1, 0.15) is 18.0 Å². The summed E-state index contributed by atoms with van der Waals surface area (Å²) in [5.74, 6) is 0.565. The molecule has 0 amide bonds. The van der Waals surface area contributed by atoms with E-state index in [9.17, 15) is 5.11 Å². The van der Waals surface area contributed by atoms with E-state index in [0.29, 0.717) is 10.8 Å². The van der Waals surface area contributed by atoms with Crippen LogP contribution < -0.4 is 5.32 Å². The Morgan fingerprint density at radius 2 is 2.10 bits per heavy atom. The summed E-state index contributed by atoms with van der Waals surface area (Å²) >= 11 is 6.45. The summed E-state index contributed by atoms with van der Waals surface area (Å²) in [6.45, 7) is -0.106. The lowest BCUT2D eigenvalue weighted by Gasteiger charge is -2.37. The Bertz CT molecular complexity index is 729. The highest BCUT2D eigenvalue weighted by Crippen LogP contribution is 2.50. The van der Waals surface area contributed by atoms with Crippen LogP contribution in [0.1, 0.15) is 43.4 Å². The number of aliphatic hydroxyl groups is 1. The van der Waals surface area contributed by atoms with Crippen LogP contribution in [-0.4, -0.2) is 11.4 Å². The highest BCUT2D eigenvalue weighted by molar-refractivity contribution is 6.35. The molecule has 1 saturated carbocycles. The third kappa shape index (κ3) is 1.89. The van der Waals surface area contributed by atoms with Crippen LogP contribution in [0.3, 0.4) is 0 Å². The summed E-state index contributed by atoms with van der Waals surface area (Å²) in [6.07, 6.45) is 7.38. The predicted molar refractivity (Wildman–Crippen MR) is 84.0 cm³/mol. The van der Waals surface area contributed by atoms with Crippen LogP contribution in [0.4, 0.5) is 5.69 Å². The molecule has 1 aromatic heterocycles. The topological polar surface area (TPSA) is 57.8 Å². The van der Waals surface area contributed by atoms with Gasteiger partial charge < -0.3 is 14.8 Å². The Morgan fingerprint density at radius 3 is 2.86 bits per heavy atom. The Labute approximate surface area is 127 Å². The second-order valence-electron chi connectivity index (χ2n) is 5.89. The van der Waals surface area contributed by atoms with Crippen molar-refractivity contribution in [3.8, 4) is 0 Å². The van der Waals surface area contributed by atoms with Gasteiger partial charge in [0.15, 0.2) is 0 Å². The first kappa shape index (κ1) is 13.2. The van der Waals surface area contributed by atoms with Crippen molar-refractivity contribution >= 4 is 34.6 Å². The molecular formula is C16H17ClN2O2. The van der Waals surface area contributed by atoms with Crippen LogP contribution in [0.15, 0.2) is 21.5 Å².